The minimum atomic E-state index is -0.791. The molecule has 20 heavy (non-hydrogen) atoms. The molecular weight excluding hydrogens is 400 g/mol. The molecule has 0 aliphatic carbocycles. The van der Waals surface area contributed by atoms with Crippen molar-refractivity contribution in [2.75, 3.05) is 13.2 Å². The summed E-state index contributed by atoms with van der Waals surface area (Å²) in [6.07, 6.45) is 2.29. The molecule has 0 amide bonds. The third-order valence-electron chi connectivity index (χ3n) is 1.77. The van der Waals surface area contributed by atoms with Gasteiger partial charge in [0.2, 0.25) is 0 Å². The first-order valence-electron chi connectivity index (χ1n) is 5.69. The van der Waals surface area contributed by atoms with Crippen molar-refractivity contribution in [3.05, 3.63) is 25.3 Å². The quantitative estimate of drug-likeness (QED) is 0.246. The topological polar surface area (TPSA) is 71.1 Å². The first-order chi connectivity index (χ1) is 9.49. The predicted molar refractivity (Wildman–Crippen MR) is 79.9 cm³/mol. The Morgan fingerprint density at radius 1 is 0.900 bits per heavy atom. The van der Waals surface area contributed by atoms with Crippen LogP contribution in [0, 0.1) is 0 Å². The van der Waals surface area contributed by atoms with Crippen LogP contribution in [0.2, 0.25) is 0 Å². The Bertz CT molecular complexity index is 302. The van der Waals surface area contributed by atoms with E-state index >= 15 is 0 Å². The largest absolute Gasteiger partial charge is 0.509 e. The van der Waals surface area contributed by atoms with E-state index in [0.29, 0.717) is 12.8 Å². The van der Waals surface area contributed by atoms with E-state index in [9.17, 15) is 9.59 Å². The molecule has 0 heterocycles. The first kappa shape index (κ1) is 19.0. The van der Waals surface area contributed by atoms with Gasteiger partial charge in [0, 0.05) is 0 Å². The summed E-state index contributed by atoms with van der Waals surface area (Å²) in [5.74, 6) is 0. The summed E-state index contributed by atoms with van der Waals surface area (Å²) in [7, 11) is 0. The summed E-state index contributed by atoms with van der Waals surface area (Å²) in [6, 6.07) is 0. The molecule has 0 aromatic carbocycles. The molecule has 0 aliphatic rings. The van der Waals surface area contributed by atoms with Crippen molar-refractivity contribution in [2.45, 2.75) is 22.9 Å². The van der Waals surface area contributed by atoms with Gasteiger partial charge in [-0.15, -0.1) is 0 Å². The molecule has 0 N–H and O–H groups in total. The molecule has 0 saturated heterocycles. The highest BCUT2D eigenvalue weighted by Gasteiger charge is 2.09. The Morgan fingerprint density at radius 3 is 1.55 bits per heavy atom. The van der Waals surface area contributed by atoms with E-state index in [2.05, 4.69) is 45.0 Å². The Balaban J connectivity index is 3.49. The van der Waals surface area contributed by atoms with Crippen LogP contribution in [0.15, 0.2) is 25.3 Å². The third kappa shape index (κ3) is 10.9. The van der Waals surface area contributed by atoms with Crippen molar-refractivity contribution in [2.24, 2.45) is 0 Å². The molecule has 114 valence electrons. The lowest BCUT2D eigenvalue weighted by Crippen LogP contribution is -2.14. The fraction of sp³-hybridized carbons (Fsp3) is 0.500. The van der Waals surface area contributed by atoms with Crippen molar-refractivity contribution in [3.63, 3.8) is 0 Å². The Kier molecular flexibility index (Phi) is 11.2. The lowest BCUT2D eigenvalue weighted by Gasteiger charge is -2.09. The maximum absolute atomic E-state index is 11.1. The number of ether oxygens (including phenoxy) is 4. The average molecular weight is 416 g/mol. The Hall–Kier alpha value is -1.02. The van der Waals surface area contributed by atoms with Crippen LogP contribution in [0.1, 0.15) is 12.8 Å². The zero-order valence-electron chi connectivity index (χ0n) is 10.8. The molecule has 6 nitrogen and oxygen atoms in total. The lowest BCUT2D eigenvalue weighted by molar-refractivity contribution is 0.0461. The highest BCUT2D eigenvalue weighted by atomic mass is 79.9. The molecule has 0 bridgehead atoms. The van der Waals surface area contributed by atoms with Crippen LogP contribution in [-0.2, 0) is 18.9 Å². The summed E-state index contributed by atoms with van der Waals surface area (Å²) in [5.41, 5.74) is 0. The number of unbranched alkanes of at least 4 members (excludes halogenated alkanes) is 1. The van der Waals surface area contributed by atoms with Crippen LogP contribution in [-0.4, -0.2) is 35.6 Å². The summed E-state index contributed by atoms with van der Waals surface area (Å²) in [6.45, 7) is 7.19. The van der Waals surface area contributed by atoms with Gasteiger partial charge in [-0.05, 0) is 56.9 Å². The second-order valence-corrected chi connectivity index (χ2v) is 5.12. The Morgan fingerprint density at radius 2 is 1.25 bits per heavy atom. The van der Waals surface area contributed by atoms with Crippen LogP contribution in [0.25, 0.3) is 0 Å². The second-order valence-electron chi connectivity index (χ2n) is 3.31. The van der Waals surface area contributed by atoms with Crippen LogP contribution in [0.4, 0.5) is 9.59 Å². The van der Waals surface area contributed by atoms with Gasteiger partial charge in [-0.2, -0.15) is 0 Å². The third-order valence-corrected chi connectivity index (χ3v) is 2.89. The molecule has 0 saturated carbocycles. The van der Waals surface area contributed by atoms with Crippen molar-refractivity contribution >= 4 is 44.2 Å². The minimum absolute atomic E-state index is 0.168. The summed E-state index contributed by atoms with van der Waals surface area (Å²) >= 11 is 6.06. The Labute approximate surface area is 134 Å². The monoisotopic (exact) mass is 414 g/mol. The molecule has 8 heteroatoms. The van der Waals surface area contributed by atoms with E-state index < -0.39 is 22.3 Å². The molecule has 0 spiro atoms. The molecule has 0 aromatic heterocycles. The summed E-state index contributed by atoms with van der Waals surface area (Å²) < 4.78 is 19.0. The van der Waals surface area contributed by atoms with Crippen molar-refractivity contribution in [3.8, 4) is 0 Å². The first-order valence-corrected chi connectivity index (χ1v) is 7.52. The fourth-order valence-electron chi connectivity index (χ4n) is 0.863. The second kappa shape index (κ2) is 11.8. The van der Waals surface area contributed by atoms with Gasteiger partial charge in [-0.3, -0.25) is 0 Å². The number of rotatable bonds is 9. The zero-order chi connectivity index (χ0) is 15.4. The van der Waals surface area contributed by atoms with Crippen LogP contribution in [0.3, 0.4) is 0 Å². The SMILES string of the molecule is C=CC(Br)OC(=O)OCCCCOC(=O)OC(Br)C=C. The highest BCUT2D eigenvalue weighted by Crippen LogP contribution is 2.06. The maximum Gasteiger partial charge on any atom is 0.509 e. The minimum Gasteiger partial charge on any atom is -0.434 e. The number of hydrogen-bond acceptors (Lipinski definition) is 6. The lowest BCUT2D eigenvalue weighted by atomic mass is 10.3. The van der Waals surface area contributed by atoms with Crippen LogP contribution in [0.5, 0.6) is 0 Å². The smallest absolute Gasteiger partial charge is 0.434 e. The zero-order valence-corrected chi connectivity index (χ0v) is 13.9. The average Bonchev–Trinajstić information content (AvgIpc) is 2.42. The van der Waals surface area contributed by atoms with Gasteiger partial charge in [0.25, 0.3) is 0 Å². The van der Waals surface area contributed by atoms with Gasteiger partial charge in [-0.25, -0.2) is 9.59 Å². The molecule has 0 radical (unpaired) electrons. The van der Waals surface area contributed by atoms with Crippen LogP contribution >= 0.6 is 31.9 Å². The van der Waals surface area contributed by atoms with E-state index in [4.69, 9.17) is 18.9 Å². The summed E-state index contributed by atoms with van der Waals surface area (Å²) in [5, 5.41) is -1.15. The van der Waals surface area contributed by atoms with Gasteiger partial charge in [-0.1, -0.05) is 13.2 Å². The van der Waals surface area contributed by atoms with E-state index in [1.807, 2.05) is 0 Å². The van der Waals surface area contributed by atoms with Gasteiger partial charge in [0.15, 0.2) is 10.0 Å². The highest BCUT2D eigenvalue weighted by molar-refractivity contribution is 9.09. The van der Waals surface area contributed by atoms with Gasteiger partial charge in [0.05, 0.1) is 13.2 Å². The van der Waals surface area contributed by atoms with E-state index in [0.717, 1.165) is 0 Å². The molecule has 0 aromatic rings. The number of hydrogen-bond donors (Lipinski definition) is 0. The normalized spacial score (nSPS) is 12.7. The van der Waals surface area contributed by atoms with E-state index in [1.54, 1.807) is 0 Å². The summed E-state index contributed by atoms with van der Waals surface area (Å²) in [4.78, 5) is 22.1. The van der Waals surface area contributed by atoms with Crippen molar-refractivity contribution in [1.82, 2.24) is 0 Å². The number of alkyl halides is 2. The van der Waals surface area contributed by atoms with Gasteiger partial charge < -0.3 is 18.9 Å². The predicted octanol–water partition coefficient (Wildman–Crippen LogP) is 3.89. The number of carbonyl (C=O) groups excluding carboxylic acids is 2. The van der Waals surface area contributed by atoms with Crippen LogP contribution < -0.4 is 0 Å². The molecule has 2 atom stereocenters. The number of halogens is 2. The number of carbonyl (C=O) groups is 2. The van der Waals surface area contributed by atoms with Crippen molar-refractivity contribution in [1.29, 1.82) is 0 Å². The standard InChI is InChI=1S/C12H16Br2O6/c1-3-9(13)19-11(15)17-7-5-6-8-18-12(16)20-10(14)4-2/h3-4,9-10H,1-2,5-8H2. The molecular formula is C12H16Br2O6. The van der Waals surface area contributed by atoms with E-state index in [1.165, 1.54) is 12.2 Å². The van der Waals surface area contributed by atoms with E-state index in [-0.39, 0.29) is 13.2 Å². The van der Waals surface area contributed by atoms with Gasteiger partial charge in [0.1, 0.15) is 0 Å². The fourth-order valence-corrected chi connectivity index (χ4v) is 1.17. The van der Waals surface area contributed by atoms with Gasteiger partial charge >= 0.3 is 12.3 Å². The maximum atomic E-state index is 11.1. The molecule has 0 rings (SSSR count). The molecule has 0 fully saturated rings. The molecule has 2 unspecified atom stereocenters. The van der Waals surface area contributed by atoms with Crippen molar-refractivity contribution < 1.29 is 28.5 Å². The molecule has 0 aliphatic heterocycles.